The van der Waals surface area contributed by atoms with Crippen molar-refractivity contribution < 1.29 is 28.6 Å². The summed E-state index contributed by atoms with van der Waals surface area (Å²) in [5.41, 5.74) is 2.04. The summed E-state index contributed by atoms with van der Waals surface area (Å²) in [6.45, 7) is 0.327. The van der Waals surface area contributed by atoms with Crippen LogP contribution in [0.4, 0.5) is 5.69 Å². The van der Waals surface area contributed by atoms with Crippen molar-refractivity contribution in [3.63, 3.8) is 0 Å². The Labute approximate surface area is 245 Å². The molecule has 0 saturated carbocycles. The monoisotopic (exact) mass is 594 g/mol. The topological polar surface area (TPSA) is 85.4 Å². The molecule has 0 spiro atoms. The van der Waals surface area contributed by atoms with Gasteiger partial charge in [-0.15, -0.1) is 0 Å². The number of methoxy groups -OCH3 is 2. The number of imide groups is 1. The van der Waals surface area contributed by atoms with Gasteiger partial charge in [-0.1, -0.05) is 53.8 Å². The molecule has 2 fully saturated rings. The van der Waals surface area contributed by atoms with Crippen LogP contribution in [0, 0.1) is 0 Å². The quantitative estimate of drug-likeness (QED) is 0.193. The lowest BCUT2D eigenvalue weighted by atomic mass is 10.1. The summed E-state index contributed by atoms with van der Waals surface area (Å²) in [7, 11) is 3.06. The van der Waals surface area contributed by atoms with Gasteiger partial charge in [0.15, 0.2) is 11.5 Å². The van der Waals surface area contributed by atoms with Gasteiger partial charge in [-0.2, -0.15) is 0 Å². The van der Waals surface area contributed by atoms with Gasteiger partial charge in [-0.3, -0.25) is 19.3 Å². The molecule has 1 unspecified atom stereocenters. The van der Waals surface area contributed by atoms with Crippen LogP contribution in [0.15, 0.2) is 71.6 Å². The predicted molar refractivity (Wildman–Crippen MR) is 158 cm³/mol. The molecule has 0 aliphatic carbocycles. The second kappa shape index (κ2) is 11.7. The molecule has 204 valence electrons. The molecule has 11 heteroatoms. The number of carbonyl (C=O) groups excluding carboxylic acids is 3. The number of anilines is 1. The van der Waals surface area contributed by atoms with Gasteiger partial charge in [0, 0.05) is 5.02 Å². The first-order valence-corrected chi connectivity index (χ1v) is 13.7. The van der Waals surface area contributed by atoms with Crippen LogP contribution >= 0.6 is 35.6 Å². The minimum Gasteiger partial charge on any atom is -0.497 e. The summed E-state index contributed by atoms with van der Waals surface area (Å²) in [6.07, 6.45) is 1.52. The number of benzene rings is 3. The Morgan fingerprint density at radius 2 is 1.70 bits per heavy atom. The first kappa shape index (κ1) is 27.7. The number of thioether (sulfide) groups is 1. The van der Waals surface area contributed by atoms with Crippen LogP contribution in [0.2, 0.25) is 5.02 Å². The van der Waals surface area contributed by atoms with Crippen molar-refractivity contribution >= 4 is 69.4 Å². The third-order valence-electron chi connectivity index (χ3n) is 6.38. The highest BCUT2D eigenvalue weighted by Crippen LogP contribution is 2.38. The summed E-state index contributed by atoms with van der Waals surface area (Å²) in [5, 5.41) is 0.648. The van der Waals surface area contributed by atoms with Gasteiger partial charge < -0.3 is 14.2 Å². The summed E-state index contributed by atoms with van der Waals surface area (Å²) < 4.78 is 16.8. The maximum Gasteiger partial charge on any atom is 0.266 e. The third kappa shape index (κ3) is 5.56. The minimum absolute atomic E-state index is 0.155. The molecule has 8 nitrogen and oxygen atoms in total. The highest BCUT2D eigenvalue weighted by atomic mass is 35.5. The highest BCUT2D eigenvalue weighted by Gasteiger charge is 2.48. The fraction of sp³-hybridized carbons (Fsp3) is 0.172. The Morgan fingerprint density at radius 1 is 0.975 bits per heavy atom. The summed E-state index contributed by atoms with van der Waals surface area (Å²) in [4.78, 5) is 42.1. The maximum absolute atomic E-state index is 13.4. The number of hydrogen-bond donors (Lipinski definition) is 0. The van der Waals surface area contributed by atoms with Crippen LogP contribution in [-0.4, -0.2) is 47.2 Å². The molecule has 5 rings (SSSR count). The van der Waals surface area contributed by atoms with Gasteiger partial charge in [0.25, 0.3) is 11.8 Å². The third-order valence-corrected chi connectivity index (χ3v) is 7.96. The van der Waals surface area contributed by atoms with E-state index >= 15 is 0 Å². The summed E-state index contributed by atoms with van der Waals surface area (Å²) >= 11 is 12.5. The van der Waals surface area contributed by atoms with Gasteiger partial charge in [0.2, 0.25) is 5.91 Å². The average molecular weight is 595 g/mol. The van der Waals surface area contributed by atoms with Crippen molar-refractivity contribution in [3.8, 4) is 17.2 Å². The first-order chi connectivity index (χ1) is 19.3. The van der Waals surface area contributed by atoms with E-state index in [2.05, 4.69) is 0 Å². The normalized spacial score (nSPS) is 18.2. The van der Waals surface area contributed by atoms with Gasteiger partial charge in [0.1, 0.15) is 22.7 Å². The predicted octanol–water partition coefficient (Wildman–Crippen LogP) is 5.47. The molecule has 2 saturated heterocycles. The molecular formula is C29H23ClN2O6S2. The summed E-state index contributed by atoms with van der Waals surface area (Å²) in [6, 6.07) is 18.2. The number of halogens is 1. The van der Waals surface area contributed by atoms with E-state index < -0.39 is 23.8 Å². The molecule has 2 heterocycles. The van der Waals surface area contributed by atoms with Crippen molar-refractivity contribution in [2.24, 2.45) is 0 Å². The van der Waals surface area contributed by atoms with E-state index in [9.17, 15) is 14.4 Å². The molecule has 0 radical (unpaired) electrons. The second-order valence-corrected chi connectivity index (χ2v) is 11.0. The molecule has 0 N–H and O–H groups in total. The van der Waals surface area contributed by atoms with Gasteiger partial charge in [-0.05, 0) is 65.7 Å². The Kier molecular flexibility index (Phi) is 8.11. The largest absolute Gasteiger partial charge is 0.497 e. The molecule has 3 aromatic rings. The van der Waals surface area contributed by atoms with E-state index in [1.165, 1.54) is 19.1 Å². The molecule has 40 heavy (non-hydrogen) atoms. The zero-order valence-corrected chi connectivity index (χ0v) is 23.8. The Balaban J connectivity index is 1.31. The summed E-state index contributed by atoms with van der Waals surface area (Å²) in [5.74, 6) is 0.286. The van der Waals surface area contributed by atoms with Crippen molar-refractivity contribution in [2.45, 2.75) is 19.1 Å². The van der Waals surface area contributed by atoms with Crippen LogP contribution in [0.5, 0.6) is 17.2 Å². The number of amides is 3. The van der Waals surface area contributed by atoms with E-state index in [1.54, 1.807) is 60.7 Å². The van der Waals surface area contributed by atoms with Crippen molar-refractivity contribution in [2.75, 3.05) is 19.1 Å². The van der Waals surface area contributed by atoms with Gasteiger partial charge in [0.05, 0.1) is 31.2 Å². The fourth-order valence-corrected chi connectivity index (χ4v) is 5.84. The number of carbonyl (C=O) groups is 3. The Hall–Kier alpha value is -3.86. The van der Waals surface area contributed by atoms with Crippen LogP contribution in [0.25, 0.3) is 6.08 Å². The molecule has 1 atom stereocenters. The lowest BCUT2D eigenvalue weighted by Crippen LogP contribution is -2.44. The average Bonchev–Trinajstić information content (AvgIpc) is 3.40. The number of nitrogens with zero attached hydrogens (tertiary/aromatic N) is 2. The standard InChI is InChI=1S/C29H23ClN2O6S2/c1-36-21-10-8-20(9-11-21)31-26(33)15-22(27(31)34)32-28(35)25(40-29(32)39)14-18-5-12-23(24(13-18)37-2)38-16-17-3-6-19(30)7-4-17/h3-14,22H,15-16H2,1-2H3/b25-14-. The van der Waals surface area contributed by atoms with Crippen LogP contribution < -0.4 is 19.1 Å². The Bertz CT molecular complexity index is 1520. The number of thiocarbonyl (C=S) groups is 1. The molecule has 0 bridgehead atoms. The van der Waals surface area contributed by atoms with Crippen molar-refractivity contribution in [1.29, 1.82) is 0 Å². The smallest absolute Gasteiger partial charge is 0.266 e. The van der Waals surface area contributed by atoms with E-state index in [0.717, 1.165) is 22.2 Å². The molecular weight excluding hydrogens is 572 g/mol. The maximum atomic E-state index is 13.4. The lowest BCUT2D eigenvalue weighted by molar-refractivity contribution is -0.129. The van der Waals surface area contributed by atoms with Crippen molar-refractivity contribution in [1.82, 2.24) is 4.90 Å². The van der Waals surface area contributed by atoms with E-state index in [-0.39, 0.29) is 10.7 Å². The van der Waals surface area contributed by atoms with Crippen molar-refractivity contribution in [3.05, 3.63) is 87.8 Å². The van der Waals surface area contributed by atoms with E-state index in [4.69, 9.17) is 38.0 Å². The number of rotatable bonds is 8. The van der Waals surface area contributed by atoms with Crippen LogP contribution in [0.3, 0.4) is 0 Å². The number of ether oxygens (including phenoxy) is 3. The second-order valence-electron chi connectivity index (χ2n) is 8.86. The van der Waals surface area contributed by atoms with Crippen LogP contribution in [0.1, 0.15) is 17.5 Å². The molecule has 2 aliphatic rings. The first-order valence-electron chi connectivity index (χ1n) is 12.1. The molecule has 3 aromatic carbocycles. The van der Waals surface area contributed by atoms with Crippen LogP contribution in [-0.2, 0) is 21.0 Å². The van der Waals surface area contributed by atoms with E-state index in [1.807, 2.05) is 12.1 Å². The molecule has 2 aliphatic heterocycles. The fourth-order valence-electron chi connectivity index (χ4n) is 4.35. The molecule has 0 aromatic heterocycles. The zero-order valence-electron chi connectivity index (χ0n) is 21.5. The van der Waals surface area contributed by atoms with Gasteiger partial charge >= 0.3 is 0 Å². The highest BCUT2D eigenvalue weighted by molar-refractivity contribution is 8.26. The zero-order chi connectivity index (χ0) is 28.4. The Morgan fingerprint density at radius 3 is 2.38 bits per heavy atom. The minimum atomic E-state index is -1.01. The lowest BCUT2D eigenvalue weighted by Gasteiger charge is -2.21. The SMILES string of the molecule is COc1ccc(N2C(=O)CC(N3C(=O)/C(=C/c4ccc(OCc5ccc(Cl)cc5)c(OC)c4)SC3=S)C2=O)cc1. The molecule has 3 amide bonds. The number of hydrogen-bond acceptors (Lipinski definition) is 8. The van der Waals surface area contributed by atoms with E-state index in [0.29, 0.717) is 45.0 Å². The van der Waals surface area contributed by atoms with Gasteiger partial charge in [-0.25, -0.2) is 4.90 Å².